The number of nitrogens with two attached hydrogens (primary N) is 1. The van der Waals surface area contributed by atoms with Gasteiger partial charge in [-0.1, -0.05) is 0 Å². The molecule has 1 aliphatic heterocycles. The van der Waals surface area contributed by atoms with Gasteiger partial charge in [-0.2, -0.15) is 0 Å². The summed E-state index contributed by atoms with van der Waals surface area (Å²) in [6.07, 6.45) is 6.52. The molecule has 9 heteroatoms. The minimum atomic E-state index is -0.512. The lowest BCUT2D eigenvalue weighted by atomic mass is 10.1. The molecule has 3 heterocycles. The van der Waals surface area contributed by atoms with Crippen molar-refractivity contribution in [2.45, 2.75) is 45.3 Å². The molecule has 1 saturated heterocycles. The van der Waals surface area contributed by atoms with Gasteiger partial charge in [-0.25, -0.2) is 9.78 Å². The molecular formula is C23H28N6O3. The van der Waals surface area contributed by atoms with E-state index in [1.807, 2.05) is 33.0 Å². The third-order valence-corrected chi connectivity index (χ3v) is 5.40. The first kappa shape index (κ1) is 21.6. The Hall–Kier alpha value is -3.62. The van der Waals surface area contributed by atoms with Crippen LogP contribution in [0.15, 0.2) is 36.8 Å². The van der Waals surface area contributed by atoms with Gasteiger partial charge < -0.3 is 25.7 Å². The molecule has 32 heavy (non-hydrogen) atoms. The molecule has 3 aromatic rings. The molecule has 2 amide bonds. The van der Waals surface area contributed by atoms with Crippen LogP contribution >= 0.6 is 0 Å². The predicted molar refractivity (Wildman–Crippen MR) is 122 cm³/mol. The molecule has 4 rings (SSSR count). The Morgan fingerprint density at radius 2 is 1.97 bits per heavy atom. The second kappa shape index (κ2) is 8.49. The van der Waals surface area contributed by atoms with Crippen LogP contribution in [0.2, 0.25) is 0 Å². The molecule has 0 atom stereocenters. The number of carbonyl (C=O) groups excluding carboxylic acids is 2. The van der Waals surface area contributed by atoms with Crippen molar-refractivity contribution in [1.82, 2.24) is 20.3 Å². The van der Waals surface area contributed by atoms with E-state index in [0.717, 1.165) is 48.2 Å². The number of anilines is 1. The highest BCUT2D eigenvalue weighted by molar-refractivity contribution is 6.01. The van der Waals surface area contributed by atoms with Crippen LogP contribution < -0.4 is 16.0 Å². The van der Waals surface area contributed by atoms with Crippen LogP contribution in [-0.4, -0.2) is 51.7 Å². The largest absolute Gasteiger partial charge is 0.444 e. The molecule has 0 bridgehead atoms. The number of rotatable bonds is 4. The zero-order valence-corrected chi connectivity index (χ0v) is 18.5. The van der Waals surface area contributed by atoms with E-state index in [4.69, 9.17) is 15.5 Å². The van der Waals surface area contributed by atoms with E-state index in [0.29, 0.717) is 11.3 Å². The number of nitrogens with zero attached hydrogens (tertiary/aromatic N) is 3. The fourth-order valence-corrected chi connectivity index (χ4v) is 3.85. The molecule has 2 aromatic heterocycles. The zero-order valence-electron chi connectivity index (χ0n) is 18.5. The molecule has 168 valence electrons. The van der Waals surface area contributed by atoms with Crippen molar-refractivity contribution in [2.24, 2.45) is 5.73 Å². The quantitative estimate of drug-likeness (QED) is 0.576. The van der Waals surface area contributed by atoms with Gasteiger partial charge in [-0.15, -0.1) is 0 Å². The summed E-state index contributed by atoms with van der Waals surface area (Å²) in [5.41, 5.74) is 7.84. The number of hydrogen-bond acceptors (Lipinski definition) is 6. The van der Waals surface area contributed by atoms with Gasteiger partial charge in [-0.3, -0.25) is 9.78 Å². The second-order valence-corrected chi connectivity index (χ2v) is 9.00. The first-order chi connectivity index (χ1) is 15.2. The summed E-state index contributed by atoms with van der Waals surface area (Å²) in [5, 5.41) is 3.82. The van der Waals surface area contributed by atoms with E-state index in [9.17, 15) is 9.59 Å². The molecule has 0 spiro atoms. The van der Waals surface area contributed by atoms with E-state index in [1.165, 1.54) is 0 Å². The van der Waals surface area contributed by atoms with Crippen molar-refractivity contribution in [1.29, 1.82) is 0 Å². The highest BCUT2D eigenvalue weighted by atomic mass is 16.6. The number of fused-ring (bicyclic) bond motifs is 1. The summed E-state index contributed by atoms with van der Waals surface area (Å²) in [4.78, 5) is 38.2. The third-order valence-electron chi connectivity index (χ3n) is 5.40. The van der Waals surface area contributed by atoms with Crippen LogP contribution in [0, 0.1) is 0 Å². The summed E-state index contributed by atoms with van der Waals surface area (Å²) < 4.78 is 5.35. The summed E-state index contributed by atoms with van der Waals surface area (Å²) in [5.74, 6) is 0.306. The van der Waals surface area contributed by atoms with E-state index < -0.39 is 11.5 Å². The molecule has 0 aliphatic carbocycles. The van der Waals surface area contributed by atoms with Crippen molar-refractivity contribution in [3.8, 4) is 11.3 Å². The Balaban J connectivity index is 1.47. The number of aromatic nitrogens is 3. The van der Waals surface area contributed by atoms with Gasteiger partial charge in [-0.05, 0) is 51.8 Å². The van der Waals surface area contributed by atoms with E-state index in [2.05, 4.69) is 20.2 Å². The maximum atomic E-state index is 12.0. The lowest BCUT2D eigenvalue weighted by Gasteiger charge is -2.33. The fraction of sp³-hybridized carbons (Fsp3) is 0.391. The number of hydrogen-bond donors (Lipinski definition) is 3. The Morgan fingerprint density at radius 3 is 2.66 bits per heavy atom. The molecule has 1 aliphatic rings. The van der Waals surface area contributed by atoms with Crippen LogP contribution in [0.25, 0.3) is 22.2 Å². The number of ether oxygens (including phenoxy) is 1. The maximum Gasteiger partial charge on any atom is 0.407 e. The smallest absolute Gasteiger partial charge is 0.407 e. The topological polar surface area (TPSA) is 126 Å². The van der Waals surface area contributed by atoms with Gasteiger partial charge in [0, 0.05) is 47.4 Å². The molecule has 9 nitrogen and oxygen atoms in total. The summed E-state index contributed by atoms with van der Waals surface area (Å²) in [7, 11) is 0. The number of carbonyl (C=O) groups is 2. The Labute approximate surface area is 186 Å². The molecule has 1 aromatic carbocycles. The van der Waals surface area contributed by atoms with Crippen LogP contribution in [0.5, 0.6) is 0 Å². The number of primary amides is 1. The molecule has 1 fully saturated rings. The van der Waals surface area contributed by atoms with Crippen molar-refractivity contribution >= 4 is 28.7 Å². The third kappa shape index (κ3) is 4.82. The highest BCUT2D eigenvalue weighted by Crippen LogP contribution is 2.29. The van der Waals surface area contributed by atoms with Gasteiger partial charge in [0.2, 0.25) is 5.91 Å². The summed E-state index contributed by atoms with van der Waals surface area (Å²) in [6.45, 7) is 7.05. The molecule has 0 unspecified atom stereocenters. The Kier molecular flexibility index (Phi) is 5.73. The fourth-order valence-electron chi connectivity index (χ4n) is 3.85. The van der Waals surface area contributed by atoms with Gasteiger partial charge in [0.15, 0.2) is 0 Å². The normalized spacial score (nSPS) is 15.0. The average Bonchev–Trinajstić information content (AvgIpc) is 3.16. The first-order valence-electron chi connectivity index (χ1n) is 10.7. The lowest BCUT2D eigenvalue weighted by molar-refractivity contribution is 0.0497. The van der Waals surface area contributed by atoms with Gasteiger partial charge in [0.05, 0.1) is 18.1 Å². The SMILES string of the molecule is CC(C)(C)OC(=O)NC1CCN(c2cncc(-c3c[nH]c4ccc(C(N)=O)cc34)n2)CC1. The van der Waals surface area contributed by atoms with Gasteiger partial charge in [0.25, 0.3) is 0 Å². The number of H-pyrrole nitrogens is 1. The number of nitrogens with one attached hydrogen (secondary N) is 2. The Morgan fingerprint density at radius 1 is 1.22 bits per heavy atom. The van der Waals surface area contributed by atoms with Crippen LogP contribution in [0.4, 0.5) is 10.6 Å². The lowest BCUT2D eigenvalue weighted by Crippen LogP contribution is -2.46. The van der Waals surface area contributed by atoms with Crippen LogP contribution in [0.1, 0.15) is 44.0 Å². The minimum absolute atomic E-state index is 0.0677. The minimum Gasteiger partial charge on any atom is -0.444 e. The standard InChI is InChI=1S/C23H28N6O3/c1-23(2,3)32-22(31)27-15-6-8-29(9-7-15)20-13-25-12-19(28-20)17-11-26-18-5-4-14(21(24)30)10-16(17)18/h4-5,10-13,15,26H,6-9H2,1-3H3,(H2,24,30)(H,27,31). The van der Waals surface area contributed by atoms with E-state index in [-0.39, 0.29) is 12.1 Å². The molecule has 0 radical (unpaired) electrons. The number of piperidine rings is 1. The number of alkyl carbamates (subject to hydrolysis) is 1. The number of amides is 2. The van der Waals surface area contributed by atoms with Crippen molar-refractivity contribution in [3.63, 3.8) is 0 Å². The van der Waals surface area contributed by atoms with Gasteiger partial charge >= 0.3 is 6.09 Å². The van der Waals surface area contributed by atoms with Crippen molar-refractivity contribution in [2.75, 3.05) is 18.0 Å². The zero-order chi connectivity index (χ0) is 22.9. The molecule has 0 saturated carbocycles. The number of benzene rings is 1. The average molecular weight is 437 g/mol. The van der Waals surface area contributed by atoms with Crippen molar-refractivity contribution in [3.05, 3.63) is 42.4 Å². The number of aromatic amines is 1. The first-order valence-corrected chi connectivity index (χ1v) is 10.7. The predicted octanol–water partition coefficient (Wildman–Crippen LogP) is 3.22. The second-order valence-electron chi connectivity index (χ2n) is 9.00. The molecule has 4 N–H and O–H groups in total. The highest BCUT2D eigenvalue weighted by Gasteiger charge is 2.24. The van der Waals surface area contributed by atoms with Gasteiger partial charge in [0.1, 0.15) is 11.4 Å². The van der Waals surface area contributed by atoms with E-state index >= 15 is 0 Å². The van der Waals surface area contributed by atoms with Crippen LogP contribution in [-0.2, 0) is 4.74 Å². The summed E-state index contributed by atoms with van der Waals surface area (Å²) >= 11 is 0. The molecular weight excluding hydrogens is 408 g/mol. The summed E-state index contributed by atoms with van der Waals surface area (Å²) in [6, 6.07) is 5.37. The van der Waals surface area contributed by atoms with Crippen LogP contribution in [0.3, 0.4) is 0 Å². The van der Waals surface area contributed by atoms with E-state index in [1.54, 1.807) is 24.5 Å². The van der Waals surface area contributed by atoms with Crippen molar-refractivity contribution < 1.29 is 14.3 Å². The maximum absolute atomic E-state index is 12.0. The Bertz CT molecular complexity index is 1140. The monoisotopic (exact) mass is 436 g/mol.